The second-order valence-corrected chi connectivity index (χ2v) is 10.3. The molecule has 0 aromatic heterocycles. The number of rotatable bonds is 14. The highest BCUT2D eigenvalue weighted by Crippen LogP contribution is 2.21. The molecule has 1 N–H and O–H groups in total. The molecule has 3 aromatic rings. The second kappa shape index (κ2) is 15.3. The Balaban J connectivity index is 1.84. The van der Waals surface area contributed by atoms with Gasteiger partial charge in [0.1, 0.15) is 11.8 Å². The van der Waals surface area contributed by atoms with Crippen LogP contribution >= 0.6 is 23.4 Å². The van der Waals surface area contributed by atoms with Gasteiger partial charge >= 0.3 is 0 Å². The van der Waals surface area contributed by atoms with E-state index in [-0.39, 0.29) is 17.6 Å². The molecule has 196 valence electrons. The molecule has 0 radical (unpaired) electrons. The fourth-order valence-corrected chi connectivity index (χ4v) is 4.94. The number of benzene rings is 3. The Morgan fingerprint density at radius 3 is 2.41 bits per heavy atom. The van der Waals surface area contributed by atoms with Crippen molar-refractivity contribution in [2.24, 2.45) is 0 Å². The topological polar surface area (TPSA) is 58.6 Å². The first-order valence-corrected chi connectivity index (χ1v) is 14.1. The van der Waals surface area contributed by atoms with E-state index in [0.717, 1.165) is 29.5 Å². The summed E-state index contributed by atoms with van der Waals surface area (Å²) < 4.78 is 5.39. The van der Waals surface area contributed by atoms with Crippen molar-refractivity contribution < 1.29 is 14.3 Å². The summed E-state index contributed by atoms with van der Waals surface area (Å²) in [6.45, 7) is 2.99. The van der Waals surface area contributed by atoms with E-state index < -0.39 is 6.04 Å². The van der Waals surface area contributed by atoms with Gasteiger partial charge < -0.3 is 15.0 Å². The average Bonchev–Trinajstić information content (AvgIpc) is 2.92. The van der Waals surface area contributed by atoms with E-state index >= 15 is 0 Å². The third kappa shape index (κ3) is 9.45. The van der Waals surface area contributed by atoms with E-state index in [1.165, 1.54) is 11.8 Å². The fourth-order valence-electron chi connectivity index (χ4n) is 3.95. The van der Waals surface area contributed by atoms with Crippen molar-refractivity contribution in [3.63, 3.8) is 0 Å². The molecule has 0 saturated heterocycles. The minimum absolute atomic E-state index is 0.0756. The van der Waals surface area contributed by atoms with Crippen LogP contribution in [0.15, 0.2) is 78.9 Å². The number of hydrogen-bond acceptors (Lipinski definition) is 4. The minimum atomic E-state index is -0.630. The molecule has 0 aliphatic carbocycles. The number of methoxy groups -OCH3 is 1. The number of unbranched alkanes of at least 4 members (excludes halogenated alkanes) is 1. The van der Waals surface area contributed by atoms with Crippen LogP contribution in [0.5, 0.6) is 5.75 Å². The number of thioether (sulfide) groups is 1. The third-order valence-corrected chi connectivity index (χ3v) is 7.24. The van der Waals surface area contributed by atoms with Gasteiger partial charge in [-0.1, -0.05) is 79.5 Å². The molecule has 5 nitrogen and oxygen atoms in total. The number of carbonyl (C=O) groups is 2. The molecular formula is C30H35ClN2O3S. The van der Waals surface area contributed by atoms with Crippen LogP contribution in [0.3, 0.4) is 0 Å². The van der Waals surface area contributed by atoms with Crippen molar-refractivity contribution in [2.75, 3.05) is 19.4 Å². The van der Waals surface area contributed by atoms with Crippen LogP contribution in [-0.2, 0) is 28.3 Å². The Labute approximate surface area is 229 Å². The van der Waals surface area contributed by atoms with E-state index in [9.17, 15) is 9.59 Å². The lowest BCUT2D eigenvalue weighted by Gasteiger charge is -2.31. The first-order valence-electron chi connectivity index (χ1n) is 12.6. The summed E-state index contributed by atoms with van der Waals surface area (Å²) in [6.07, 6.45) is 2.32. The zero-order valence-corrected chi connectivity index (χ0v) is 23.1. The molecule has 1 unspecified atom stereocenters. The predicted molar refractivity (Wildman–Crippen MR) is 153 cm³/mol. The van der Waals surface area contributed by atoms with Gasteiger partial charge in [0.25, 0.3) is 0 Å². The lowest BCUT2D eigenvalue weighted by molar-refractivity contribution is -0.139. The van der Waals surface area contributed by atoms with Gasteiger partial charge in [-0.25, -0.2) is 0 Å². The number of nitrogens with one attached hydrogen (secondary N) is 1. The largest absolute Gasteiger partial charge is 0.497 e. The van der Waals surface area contributed by atoms with Gasteiger partial charge in [-0.3, -0.25) is 9.59 Å². The van der Waals surface area contributed by atoms with Crippen LogP contribution in [0.1, 0.15) is 36.5 Å². The number of nitrogens with zero attached hydrogens (tertiary/aromatic N) is 1. The maximum Gasteiger partial charge on any atom is 0.243 e. The molecule has 0 heterocycles. The van der Waals surface area contributed by atoms with Gasteiger partial charge in [0, 0.05) is 30.3 Å². The molecule has 37 heavy (non-hydrogen) atoms. The van der Waals surface area contributed by atoms with Gasteiger partial charge in [0.2, 0.25) is 11.8 Å². The van der Waals surface area contributed by atoms with Crippen LogP contribution in [0, 0.1) is 0 Å². The van der Waals surface area contributed by atoms with E-state index in [2.05, 4.69) is 12.2 Å². The summed E-state index contributed by atoms with van der Waals surface area (Å²) in [5.74, 6) is 1.46. The molecule has 0 aliphatic rings. The standard InChI is InChI=1S/C30H35ClN2O3S/c1-3-4-17-32-30(35)28(19-23-9-6-5-7-10-23)33(20-25-11-8-12-27(18-25)36-2)29(34)22-37-21-24-13-15-26(31)16-14-24/h5-16,18,28H,3-4,17,19-22H2,1-2H3,(H,32,35). The van der Waals surface area contributed by atoms with Gasteiger partial charge in [-0.15, -0.1) is 11.8 Å². The summed E-state index contributed by atoms with van der Waals surface area (Å²) in [7, 11) is 1.62. The first-order chi connectivity index (χ1) is 18.0. The Hall–Kier alpha value is -2.96. The maximum atomic E-state index is 13.7. The van der Waals surface area contributed by atoms with Crippen molar-refractivity contribution in [3.05, 3.63) is 101 Å². The van der Waals surface area contributed by atoms with Crippen molar-refractivity contribution in [1.82, 2.24) is 10.2 Å². The summed E-state index contributed by atoms with van der Waals surface area (Å²) in [4.78, 5) is 28.9. The number of amides is 2. The molecule has 3 rings (SSSR count). The van der Waals surface area contributed by atoms with Crippen molar-refractivity contribution in [2.45, 2.75) is 44.5 Å². The molecule has 0 aliphatic heterocycles. The zero-order chi connectivity index (χ0) is 26.5. The van der Waals surface area contributed by atoms with Gasteiger partial charge in [0.05, 0.1) is 12.9 Å². The molecular weight excluding hydrogens is 504 g/mol. The molecule has 0 fully saturated rings. The molecule has 0 bridgehead atoms. The summed E-state index contributed by atoms with van der Waals surface area (Å²) in [5.41, 5.74) is 3.02. The maximum absolute atomic E-state index is 13.7. The summed E-state index contributed by atoms with van der Waals surface area (Å²) in [5, 5.41) is 3.75. The lowest BCUT2D eigenvalue weighted by Crippen LogP contribution is -2.51. The Morgan fingerprint density at radius 2 is 1.70 bits per heavy atom. The predicted octanol–water partition coefficient (Wildman–Crippen LogP) is 6.14. The fraction of sp³-hybridized carbons (Fsp3) is 0.333. The Kier molecular flexibility index (Phi) is 11.9. The lowest BCUT2D eigenvalue weighted by atomic mass is 10.0. The smallest absolute Gasteiger partial charge is 0.243 e. The first kappa shape index (κ1) is 28.6. The van der Waals surface area contributed by atoms with E-state index in [1.807, 2.05) is 78.9 Å². The van der Waals surface area contributed by atoms with Crippen LogP contribution < -0.4 is 10.1 Å². The number of halogens is 1. The third-order valence-electron chi connectivity index (χ3n) is 6.00. The quantitative estimate of drug-likeness (QED) is 0.250. The number of carbonyl (C=O) groups excluding carboxylic acids is 2. The molecule has 2 amide bonds. The Bertz CT molecular complexity index is 1130. The summed E-state index contributed by atoms with van der Waals surface area (Å²) in [6, 6.07) is 24.5. The number of hydrogen-bond donors (Lipinski definition) is 1. The van der Waals surface area contributed by atoms with E-state index in [0.29, 0.717) is 36.0 Å². The zero-order valence-electron chi connectivity index (χ0n) is 21.5. The van der Waals surface area contributed by atoms with Gasteiger partial charge in [-0.2, -0.15) is 0 Å². The molecule has 0 saturated carbocycles. The van der Waals surface area contributed by atoms with Gasteiger partial charge in [0.15, 0.2) is 0 Å². The second-order valence-electron chi connectivity index (χ2n) is 8.84. The molecule has 7 heteroatoms. The summed E-state index contributed by atoms with van der Waals surface area (Å²) >= 11 is 7.53. The normalized spacial score (nSPS) is 11.5. The highest BCUT2D eigenvalue weighted by atomic mass is 35.5. The van der Waals surface area contributed by atoms with Crippen LogP contribution in [0.2, 0.25) is 5.02 Å². The number of ether oxygens (including phenoxy) is 1. The van der Waals surface area contributed by atoms with Crippen molar-refractivity contribution in [1.29, 1.82) is 0 Å². The van der Waals surface area contributed by atoms with Crippen molar-refractivity contribution in [3.8, 4) is 5.75 Å². The van der Waals surface area contributed by atoms with Crippen LogP contribution in [-0.4, -0.2) is 42.2 Å². The molecule has 3 aromatic carbocycles. The van der Waals surface area contributed by atoms with Gasteiger partial charge in [-0.05, 0) is 47.4 Å². The highest BCUT2D eigenvalue weighted by molar-refractivity contribution is 7.99. The van der Waals surface area contributed by atoms with Crippen LogP contribution in [0.25, 0.3) is 0 Å². The van der Waals surface area contributed by atoms with Crippen molar-refractivity contribution >= 4 is 35.2 Å². The minimum Gasteiger partial charge on any atom is -0.497 e. The SMILES string of the molecule is CCCCNC(=O)C(Cc1ccccc1)N(Cc1cccc(OC)c1)C(=O)CSCc1ccc(Cl)cc1. The Morgan fingerprint density at radius 1 is 0.973 bits per heavy atom. The highest BCUT2D eigenvalue weighted by Gasteiger charge is 2.30. The molecule has 1 atom stereocenters. The molecule has 0 spiro atoms. The van der Waals surface area contributed by atoms with E-state index in [1.54, 1.807) is 12.0 Å². The monoisotopic (exact) mass is 538 g/mol. The van der Waals surface area contributed by atoms with E-state index in [4.69, 9.17) is 16.3 Å². The average molecular weight is 539 g/mol. The van der Waals surface area contributed by atoms with Crippen LogP contribution in [0.4, 0.5) is 0 Å².